The summed E-state index contributed by atoms with van der Waals surface area (Å²) in [5.41, 5.74) is 0. The number of piperidine rings is 1. The Bertz CT molecular complexity index is 353. The summed E-state index contributed by atoms with van der Waals surface area (Å²) in [6.45, 7) is 2.92. The van der Waals surface area contributed by atoms with Crippen LogP contribution in [-0.2, 0) is 0 Å². The molecule has 3 nitrogen and oxygen atoms in total. The molecule has 0 saturated carbocycles. The van der Waals surface area contributed by atoms with Gasteiger partial charge in [0.1, 0.15) is 0 Å². The lowest BCUT2D eigenvalue weighted by Gasteiger charge is -2.23. The number of pyridine rings is 1. The molecule has 2 rings (SSSR count). The predicted molar refractivity (Wildman–Crippen MR) is 66.0 cm³/mol. The number of aromatic nitrogens is 1. The Balaban J connectivity index is 1.88. The zero-order valence-corrected chi connectivity index (χ0v) is 10.6. The molecule has 0 unspecified atom stereocenters. The molecular formula is C11H15BrFN3. The van der Waals surface area contributed by atoms with Gasteiger partial charge in [0.05, 0.1) is 0 Å². The molecule has 1 aliphatic heterocycles. The van der Waals surface area contributed by atoms with E-state index in [4.69, 9.17) is 0 Å². The third-order valence-electron chi connectivity index (χ3n) is 2.82. The molecule has 1 saturated heterocycles. The van der Waals surface area contributed by atoms with Crippen molar-refractivity contribution < 1.29 is 4.39 Å². The van der Waals surface area contributed by atoms with Crippen molar-refractivity contribution in [2.75, 3.05) is 25.0 Å². The van der Waals surface area contributed by atoms with Crippen LogP contribution in [0.5, 0.6) is 0 Å². The lowest BCUT2D eigenvalue weighted by atomic mass is 9.98. The third kappa shape index (κ3) is 3.15. The average Bonchev–Trinajstić information content (AvgIpc) is 2.29. The Kier molecular flexibility index (Phi) is 4.12. The zero-order valence-electron chi connectivity index (χ0n) is 8.97. The van der Waals surface area contributed by atoms with Crippen molar-refractivity contribution in [3.8, 4) is 0 Å². The van der Waals surface area contributed by atoms with Crippen LogP contribution in [0.1, 0.15) is 12.8 Å². The monoisotopic (exact) mass is 287 g/mol. The van der Waals surface area contributed by atoms with Crippen molar-refractivity contribution in [1.82, 2.24) is 10.3 Å². The summed E-state index contributed by atoms with van der Waals surface area (Å²) in [4.78, 5) is 4.01. The number of hydrogen-bond acceptors (Lipinski definition) is 3. The fourth-order valence-electron chi connectivity index (χ4n) is 1.87. The molecule has 1 aromatic rings. The van der Waals surface area contributed by atoms with E-state index in [0.29, 0.717) is 16.2 Å². The lowest BCUT2D eigenvalue weighted by molar-refractivity contribution is 0.389. The van der Waals surface area contributed by atoms with Crippen LogP contribution in [0.3, 0.4) is 0 Å². The van der Waals surface area contributed by atoms with Crippen molar-refractivity contribution in [2.45, 2.75) is 12.8 Å². The van der Waals surface area contributed by atoms with E-state index in [1.807, 2.05) is 0 Å². The summed E-state index contributed by atoms with van der Waals surface area (Å²) >= 11 is 3.19. The Morgan fingerprint density at radius 2 is 2.25 bits per heavy atom. The molecule has 1 aliphatic rings. The second-order valence-electron chi connectivity index (χ2n) is 4.06. The molecule has 0 amide bonds. The number of anilines is 1. The van der Waals surface area contributed by atoms with Gasteiger partial charge in [-0.1, -0.05) is 0 Å². The fourth-order valence-corrected chi connectivity index (χ4v) is 2.17. The molecule has 0 atom stereocenters. The molecule has 16 heavy (non-hydrogen) atoms. The Labute approximate surface area is 103 Å². The van der Waals surface area contributed by atoms with Gasteiger partial charge in [0.15, 0.2) is 11.6 Å². The molecule has 0 aliphatic carbocycles. The van der Waals surface area contributed by atoms with Crippen LogP contribution >= 0.6 is 15.9 Å². The van der Waals surface area contributed by atoms with Crippen LogP contribution in [0.2, 0.25) is 0 Å². The topological polar surface area (TPSA) is 37.0 Å². The minimum absolute atomic E-state index is 0.302. The molecule has 0 spiro atoms. The van der Waals surface area contributed by atoms with Gasteiger partial charge in [-0.3, -0.25) is 0 Å². The van der Waals surface area contributed by atoms with Crippen molar-refractivity contribution in [2.24, 2.45) is 5.92 Å². The van der Waals surface area contributed by atoms with Crippen molar-refractivity contribution in [3.63, 3.8) is 0 Å². The van der Waals surface area contributed by atoms with Gasteiger partial charge in [-0.05, 0) is 53.8 Å². The van der Waals surface area contributed by atoms with E-state index in [2.05, 4.69) is 31.5 Å². The Morgan fingerprint density at radius 1 is 1.50 bits per heavy atom. The minimum atomic E-state index is -0.302. The molecule has 1 fully saturated rings. The quantitative estimate of drug-likeness (QED) is 0.896. The Hall–Kier alpha value is -0.680. The SMILES string of the molecule is Fc1cc(Br)cnc1NCC1CCNCC1. The second kappa shape index (κ2) is 5.59. The van der Waals surface area contributed by atoms with Crippen LogP contribution in [-0.4, -0.2) is 24.6 Å². The van der Waals surface area contributed by atoms with Gasteiger partial charge in [0, 0.05) is 17.2 Å². The highest BCUT2D eigenvalue weighted by Gasteiger charge is 2.13. The number of hydrogen-bond donors (Lipinski definition) is 2. The van der Waals surface area contributed by atoms with Crippen LogP contribution < -0.4 is 10.6 Å². The zero-order chi connectivity index (χ0) is 11.4. The van der Waals surface area contributed by atoms with Crippen LogP contribution in [0, 0.1) is 11.7 Å². The summed E-state index contributed by atoms with van der Waals surface area (Å²) in [6.07, 6.45) is 3.89. The molecule has 0 bridgehead atoms. The number of nitrogens with zero attached hydrogens (tertiary/aromatic N) is 1. The average molecular weight is 288 g/mol. The van der Waals surface area contributed by atoms with Gasteiger partial charge in [-0.15, -0.1) is 0 Å². The van der Waals surface area contributed by atoms with Gasteiger partial charge in [0.2, 0.25) is 0 Å². The molecule has 2 heterocycles. The van der Waals surface area contributed by atoms with E-state index in [-0.39, 0.29) is 5.82 Å². The van der Waals surface area contributed by atoms with Gasteiger partial charge in [-0.25, -0.2) is 9.37 Å². The van der Waals surface area contributed by atoms with Gasteiger partial charge >= 0.3 is 0 Å². The lowest BCUT2D eigenvalue weighted by Crippen LogP contribution is -2.31. The highest BCUT2D eigenvalue weighted by atomic mass is 79.9. The van der Waals surface area contributed by atoms with Crippen molar-refractivity contribution in [1.29, 1.82) is 0 Å². The predicted octanol–water partition coefficient (Wildman–Crippen LogP) is 2.39. The smallest absolute Gasteiger partial charge is 0.166 e. The van der Waals surface area contributed by atoms with Crippen LogP contribution in [0.25, 0.3) is 0 Å². The molecule has 0 radical (unpaired) electrons. The maximum absolute atomic E-state index is 13.4. The van der Waals surface area contributed by atoms with E-state index in [0.717, 1.165) is 32.5 Å². The maximum Gasteiger partial charge on any atom is 0.166 e. The molecule has 1 aromatic heterocycles. The molecule has 88 valence electrons. The van der Waals surface area contributed by atoms with Crippen LogP contribution in [0.4, 0.5) is 10.2 Å². The summed E-state index contributed by atoms with van der Waals surface area (Å²) in [5, 5.41) is 6.38. The largest absolute Gasteiger partial charge is 0.367 e. The van der Waals surface area contributed by atoms with E-state index in [1.165, 1.54) is 6.07 Å². The van der Waals surface area contributed by atoms with Gasteiger partial charge < -0.3 is 10.6 Å². The number of nitrogens with one attached hydrogen (secondary N) is 2. The van der Waals surface area contributed by atoms with Gasteiger partial charge in [0.25, 0.3) is 0 Å². The summed E-state index contributed by atoms with van der Waals surface area (Å²) in [5.74, 6) is 0.663. The number of rotatable bonds is 3. The molecule has 5 heteroatoms. The van der Waals surface area contributed by atoms with E-state index in [1.54, 1.807) is 6.20 Å². The first-order valence-corrected chi connectivity index (χ1v) is 6.30. The van der Waals surface area contributed by atoms with Gasteiger partial charge in [-0.2, -0.15) is 0 Å². The summed E-state index contributed by atoms with van der Waals surface area (Å²) in [6, 6.07) is 1.43. The first kappa shape index (κ1) is 11.8. The van der Waals surface area contributed by atoms with Crippen molar-refractivity contribution in [3.05, 3.63) is 22.6 Å². The number of halogens is 2. The highest BCUT2D eigenvalue weighted by Crippen LogP contribution is 2.18. The van der Waals surface area contributed by atoms with E-state index < -0.39 is 0 Å². The fraction of sp³-hybridized carbons (Fsp3) is 0.545. The van der Waals surface area contributed by atoms with E-state index in [9.17, 15) is 4.39 Å². The standard InChI is InChI=1S/C11H15BrFN3/c12-9-5-10(13)11(16-7-9)15-6-8-1-3-14-4-2-8/h5,7-8,14H,1-4,6H2,(H,15,16). The first-order chi connectivity index (χ1) is 7.75. The molecular weight excluding hydrogens is 273 g/mol. The minimum Gasteiger partial charge on any atom is -0.367 e. The Morgan fingerprint density at radius 3 is 2.94 bits per heavy atom. The summed E-state index contributed by atoms with van der Waals surface area (Å²) < 4.78 is 14.1. The molecule has 2 N–H and O–H groups in total. The summed E-state index contributed by atoms with van der Waals surface area (Å²) in [7, 11) is 0. The second-order valence-corrected chi connectivity index (χ2v) is 4.97. The first-order valence-electron chi connectivity index (χ1n) is 5.51. The van der Waals surface area contributed by atoms with Crippen molar-refractivity contribution >= 4 is 21.7 Å². The normalized spacial score (nSPS) is 17.4. The van der Waals surface area contributed by atoms with E-state index >= 15 is 0 Å². The van der Waals surface area contributed by atoms with Crippen LogP contribution in [0.15, 0.2) is 16.7 Å². The molecule has 0 aromatic carbocycles. The third-order valence-corrected chi connectivity index (χ3v) is 3.26. The highest BCUT2D eigenvalue weighted by molar-refractivity contribution is 9.10. The maximum atomic E-state index is 13.4.